The Morgan fingerprint density at radius 2 is 2.10 bits per heavy atom. The summed E-state index contributed by atoms with van der Waals surface area (Å²) in [5, 5.41) is 0.719. The van der Waals surface area contributed by atoms with Crippen LogP contribution in [0.2, 0.25) is 0 Å². The van der Waals surface area contributed by atoms with Gasteiger partial charge in [-0.2, -0.15) is 0 Å². The van der Waals surface area contributed by atoms with Crippen molar-refractivity contribution in [2.75, 3.05) is 57.2 Å². The average molecular weight is 458 g/mol. The Balaban J connectivity index is 1.63. The van der Waals surface area contributed by atoms with Crippen LogP contribution < -0.4 is 9.64 Å². The SMILES string of the molecule is CCOc1ccc2nc(N(CCN3CCOCC3)C(=O)c3cccc(SC)c3)sc2c1. The first-order valence-corrected chi connectivity index (χ1v) is 12.5. The van der Waals surface area contributed by atoms with E-state index in [1.807, 2.05) is 60.5 Å². The number of anilines is 1. The van der Waals surface area contributed by atoms with E-state index in [1.54, 1.807) is 11.8 Å². The van der Waals surface area contributed by atoms with Gasteiger partial charge < -0.3 is 9.47 Å². The lowest BCUT2D eigenvalue weighted by molar-refractivity contribution is 0.0391. The van der Waals surface area contributed by atoms with Crippen LogP contribution in [0.1, 0.15) is 17.3 Å². The molecule has 1 amide bonds. The molecule has 31 heavy (non-hydrogen) atoms. The molecule has 1 saturated heterocycles. The number of benzene rings is 2. The van der Waals surface area contributed by atoms with Crippen molar-refractivity contribution in [3.8, 4) is 5.75 Å². The zero-order chi connectivity index (χ0) is 21.6. The number of amides is 1. The Labute approximate surface area is 191 Å². The average Bonchev–Trinajstić information content (AvgIpc) is 3.23. The first kappa shape index (κ1) is 22.1. The molecule has 164 valence electrons. The lowest BCUT2D eigenvalue weighted by Crippen LogP contribution is -2.43. The van der Waals surface area contributed by atoms with Crippen molar-refractivity contribution >= 4 is 44.4 Å². The van der Waals surface area contributed by atoms with Gasteiger partial charge in [0.25, 0.3) is 5.91 Å². The Morgan fingerprint density at radius 3 is 2.87 bits per heavy atom. The number of carbonyl (C=O) groups excluding carboxylic acids is 1. The predicted molar refractivity (Wildman–Crippen MR) is 128 cm³/mol. The summed E-state index contributed by atoms with van der Waals surface area (Å²) in [5.74, 6) is 0.803. The summed E-state index contributed by atoms with van der Waals surface area (Å²) in [4.78, 5) is 23.6. The number of thioether (sulfide) groups is 1. The molecule has 0 aliphatic carbocycles. The van der Waals surface area contributed by atoms with Crippen LogP contribution in [0.5, 0.6) is 5.75 Å². The number of ether oxygens (including phenoxy) is 2. The van der Waals surface area contributed by atoms with E-state index in [-0.39, 0.29) is 5.91 Å². The van der Waals surface area contributed by atoms with Gasteiger partial charge >= 0.3 is 0 Å². The molecule has 0 saturated carbocycles. The van der Waals surface area contributed by atoms with Gasteiger partial charge in [0, 0.05) is 36.6 Å². The Hall–Kier alpha value is -2.13. The van der Waals surface area contributed by atoms with Crippen LogP contribution >= 0.6 is 23.1 Å². The van der Waals surface area contributed by atoms with E-state index in [9.17, 15) is 4.79 Å². The molecule has 4 rings (SSSR count). The standard InChI is InChI=1S/C23H27N3O3S2/c1-3-29-18-7-8-20-21(16-18)31-23(24-20)26(10-9-25-11-13-28-14-12-25)22(27)17-5-4-6-19(15-17)30-2/h4-8,15-16H,3,9-14H2,1-2H3. The Kier molecular flexibility index (Phi) is 7.45. The van der Waals surface area contributed by atoms with Gasteiger partial charge in [0.1, 0.15) is 5.75 Å². The van der Waals surface area contributed by atoms with E-state index < -0.39 is 0 Å². The van der Waals surface area contributed by atoms with Crippen LogP contribution in [0, 0.1) is 0 Å². The molecule has 0 spiro atoms. The number of thiazole rings is 1. The van der Waals surface area contributed by atoms with Crippen LogP contribution in [0.15, 0.2) is 47.4 Å². The van der Waals surface area contributed by atoms with Gasteiger partial charge in [-0.15, -0.1) is 11.8 Å². The van der Waals surface area contributed by atoms with Gasteiger partial charge in [0.15, 0.2) is 5.13 Å². The van der Waals surface area contributed by atoms with Gasteiger partial charge in [0.2, 0.25) is 0 Å². The third kappa shape index (κ3) is 5.38. The predicted octanol–water partition coefficient (Wildman–Crippen LogP) is 4.40. The highest BCUT2D eigenvalue weighted by Crippen LogP contribution is 2.32. The molecule has 1 aliphatic heterocycles. The highest BCUT2D eigenvalue weighted by atomic mass is 32.2. The molecule has 0 N–H and O–H groups in total. The molecule has 2 heterocycles. The lowest BCUT2D eigenvalue weighted by atomic mass is 10.2. The van der Waals surface area contributed by atoms with E-state index in [1.165, 1.54) is 11.3 Å². The van der Waals surface area contributed by atoms with Crippen LogP contribution in [-0.4, -0.2) is 68.0 Å². The third-order valence-electron chi connectivity index (χ3n) is 5.20. The first-order chi connectivity index (χ1) is 15.2. The summed E-state index contributed by atoms with van der Waals surface area (Å²) in [6, 6.07) is 13.7. The number of aromatic nitrogens is 1. The van der Waals surface area contributed by atoms with Crippen molar-refractivity contribution in [2.24, 2.45) is 0 Å². The highest BCUT2D eigenvalue weighted by Gasteiger charge is 2.23. The zero-order valence-electron chi connectivity index (χ0n) is 17.9. The minimum atomic E-state index is -0.0201. The van der Waals surface area contributed by atoms with Gasteiger partial charge in [-0.3, -0.25) is 14.6 Å². The maximum Gasteiger partial charge on any atom is 0.260 e. The van der Waals surface area contributed by atoms with Crippen molar-refractivity contribution in [1.29, 1.82) is 0 Å². The second-order valence-corrected chi connectivity index (χ2v) is 9.09. The minimum Gasteiger partial charge on any atom is -0.494 e. The summed E-state index contributed by atoms with van der Waals surface area (Å²) in [7, 11) is 0. The molecule has 0 radical (unpaired) electrons. The number of hydrogen-bond donors (Lipinski definition) is 0. The molecule has 0 unspecified atom stereocenters. The van der Waals surface area contributed by atoms with Crippen LogP contribution in [0.4, 0.5) is 5.13 Å². The molecule has 0 bridgehead atoms. The summed E-state index contributed by atoms with van der Waals surface area (Å²) in [5.41, 5.74) is 1.56. The van der Waals surface area contributed by atoms with E-state index in [4.69, 9.17) is 14.5 Å². The fourth-order valence-corrected chi connectivity index (χ4v) is 5.00. The molecule has 0 atom stereocenters. The smallest absolute Gasteiger partial charge is 0.260 e. The second-order valence-electron chi connectivity index (χ2n) is 7.20. The van der Waals surface area contributed by atoms with Gasteiger partial charge in [0.05, 0.1) is 30.0 Å². The fourth-order valence-electron chi connectivity index (χ4n) is 3.53. The number of carbonyl (C=O) groups is 1. The van der Waals surface area contributed by atoms with Crippen molar-refractivity contribution in [3.63, 3.8) is 0 Å². The van der Waals surface area contributed by atoms with Crippen molar-refractivity contribution in [1.82, 2.24) is 9.88 Å². The first-order valence-electron chi connectivity index (χ1n) is 10.5. The zero-order valence-corrected chi connectivity index (χ0v) is 19.5. The monoisotopic (exact) mass is 457 g/mol. The van der Waals surface area contributed by atoms with Crippen LogP contribution in [-0.2, 0) is 4.74 Å². The molecule has 1 aliphatic rings. The minimum absolute atomic E-state index is 0.0201. The molecule has 6 nitrogen and oxygen atoms in total. The van der Waals surface area contributed by atoms with E-state index in [2.05, 4.69) is 4.90 Å². The second kappa shape index (κ2) is 10.5. The van der Waals surface area contributed by atoms with Crippen molar-refractivity contribution in [3.05, 3.63) is 48.0 Å². The van der Waals surface area contributed by atoms with Crippen LogP contribution in [0.3, 0.4) is 0 Å². The number of nitrogens with zero attached hydrogens (tertiary/aromatic N) is 3. The van der Waals surface area contributed by atoms with Gasteiger partial charge in [-0.1, -0.05) is 17.4 Å². The van der Waals surface area contributed by atoms with Crippen molar-refractivity contribution < 1.29 is 14.3 Å². The molecule has 3 aromatic rings. The Morgan fingerprint density at radius 1 is 1.26 bits per heavy atom. The normalized spacial score (nSPS) is 14.6. The summed E-state index contributed by atoms with van der Waals surface area (Å²) in [6.45, 7) is 7.22. The van der Waals surface area contributed by atoms with Crippen molar-refractivity contribution in [2.45, 2.75) is 11.8 Å². The third-order valence-corrected chi connectivity index (χ3v) is 6.96. The van der Waals surface area contributed by atoms with Gasteiger partial charge in [-0.05, 0) is 49.6 Å². The Bertz CT molecular complexity index is 1030. The largest absolute Gasteiger partial charge is 0.494 e. The van der Waals surface area contributed by atoms with E-state index in [0.29, 0.717) is 18.7 Å². The lowest BCUT2D eigenvalue weighted by Gasteiger charge is -2.29. The molecule has 1 fully saturated rings. The van der Waals surface area contributed by atoms with Gasteiger partial charge in [-0.25, -0.2) is 4.98 Å². The molecule has 8 heteroatoms. The number of hydrogen-bond acceptors (Lipinski definition) is 7. The molecule has 1 aromatic heterocycles. The number of rotatable bonds is 8. The van der Waals surface area contributed by atoms with Crippen LogP contribution in [0.25, 0.3) is 10.2 Å². The van der Waals surface area contributed by atoms with E-state index >= 15 is 0 Å². The number of fused-ring (bicyclic) bond motifs is 1. The summed E-state index contributed by atoms with van der Waals surface area (Å²) < 4.78 is 12.1. The molecular weight excluding hydrogens is 430 g/mol. The quantitative estimate of drug-likeness (QED) is 0.468. The van der Waals surface area contributed by atoms with E-state index in [0.717, 1.165) is 58.8 Å². The molecule has 2 aromatic carbocycles. The maximum absolute atomic E-state index is 13.5. The maximum atomic E-state index is 13.5. The summed E-state index contributed by atoms with van der Waals surface area (Å²) in [6.07, 6.45) is 2.02. The molecular formula is C23H27N3O3S2. The summed E-state index contributed by atoms with van der Waals surface area (Å²) >= 11 is 3.16. The fraction of sp³-hybridized carbons (Fsp3) is 0.391. The highest BCUT2D eigenvalue weighted by molar-refractivity contribution is 7.98. The topological polar surface area (TPSA) is 54.9 Å². The number of morpholine rings is 1.